The molecule has 4 heteroatoms. The predicted molar refractivity (Wildman–Crippen MR) is 62.8 cm³/mol. The van der Waals surface area contributed by atoms with Gasteiger partial charge in [-0.1, -0.05) is 12.1 Å². The van der Waals surface area contributed by atoms with Gasteiger partial charge in [-0.3, -0.25) is 4.99 Å². The van der Waals surface area contributed by atoms with E-state index in [1.165, 1.54) is 0 Å². The molecule has 2 N–H and O–H groups in total. The minimum atomic E-state index is -0.380. The van der Waals surface area contributed by atoms with Crippen LogP contribution in [0, 0.1) is 0 Å². The lowest BCUT2D eigenvalue weighted by atomic mass is 9.93. The number of ether oxygens (including phenoxy) is 2. The Bertz CT molecular complexity index is 400. The molecule has 0 saturated heterocycles. The van der Waals surface area contributed by atoms with Crippen molar-refractivity contribution in [1.82, 2.24) is 0 Å². The number of amidine groups is 1. The maximum atomic E-state index is 5.70. The first-order valence-corrected chi connectivity index (χ1v) is 5.20. The molecule has 86 valence electrons. The van der Waals surface area contributed by atoms with Crippen LogP contribution < -0.4 is 10.5 Å². The third kappa shape index (κ3) is 2.02. The lowest BCUT2D eigenvalue weighted by Gasteiger charge is -2.30. The smallest absolute Gasteiger partial charge is 0.121 e. The Labute approximate surface area is 95.1 Å². The highest BCUT2D eigenvalue weighted by atomic mass is 16.5. The van der Waals surface area contributed by atoms with Gasteiger partial charge >= 0.3 is 0 Å². The fourth-order valence-corrected chi connectivity index (χ4v) is 1.83. The van der Waals surface area contributed by atoms with Gasteiger partial charge < -0.3 is 15.2 Å². The third-order valence-corrected chi connectivity index (χ3v) is 2.74. The van der Waals surface area contributed by atoms with E-state index >= 15 is 0 Å². The van der Waals surface area contributed by atoms with Crippen LogP contribution in [-0.2, 0) is 10.3 Å². The summed E-state index contributed by atoms with van der Waals surface area (Å²) in [6.45, 7) is 2.99. The van der Waals surface area contributed by atoms with Gasteiger partial charge in [-0.25, -0.2) is 0 Å². The van der Waals surface area contributed by atoms with Crippen LogP contribution in [0.5, 0.6) is 5.75 Å². The predicted octanol–water partition coefficient (Wildman–Crippen LogP) is 1.30. The summed E-state index contributed by atoms with van der Waals surface area (Å²) in [6.07, 6.45) is 0. The first-order valence-electron chi connectivity index (χ1n) is 5.20. The standard InChI is InChI=1S/C12H16N2O2/c1-12(8-16-7-11(13)14-12)9-3-5-10(15-2)6-4-9/h3-6H,7-8H2,1-2H3,(H2,13,14). The summed E-state index contributed by atoms with van der Waals surface area (Å²) in [4.78, 5) is 4.47. The first-order chi connectivity index (χ1) is 7.64. The number of aliphatic imine (C=N–C) groups is 1. The molecule has 0 amide bonds. The van der Waals surface area contributed by atoms with Gasteiger partial charge in [-0.05, 0) is 24.6 Å². The number of benzene rings is 1. The molecule has 0 aromatic heterocycles. The topological polar surface area (TPSA) is 56.8 Å². The van der Waals surface area contributed by atoms with Crippen molar-refractivity contribution >= 4 is 5.84 Å². The molecule has 16 heavy (non-hydrogen) atoms. The molecular formula is C12H16N2O2. The normalized spacial score (nSPS) is 25.0. The number of nitrogens with two attached hydrogens (primary N) is 1. The Morgan fingerprint density at radius 1 is 1.38 bits per heavy atom. The van der Waals surface area contributed by atoms with Crippen LogP contribution in [0.4, 0.5) is 0 Å². The zero-order chi connectivity index (χ0) is 11.6. The van der Waals surface area contributed by atoms with E-state index in [4.69, 9.17) is 15.2 Å². The van der Waals surface area contributed by atoms with Crippen molar-refractivity contribution in [1.29, 1.82) is 0 Å². The van der Waals surface area contributed by atoms with Crippen molar-refractivity contribution in [2.24, 2.45) is 10.7 Å². The fraction of sp³-hybridized carbons (Fsp3) is 0.417. The summed E-state index contributed by atoms with van der Waals surface area (Å²) in [7, 11) is 1.65. The second-order valence-corrected chi connectivity index (χ2v) is 4.10. The van der Waals surface area contributed by atoms with E-state index in [-0.39, 0.29) is 5.54 Å². The van der Waals surface area contributed by atoms with E-state index < -0.39 is 0 Å². The van der Waals surface area contributed by atoms with Crippen LogP contribution >= 0.6 is 0 Å². The van der Waals surface area contributed by atoms with Crippen molar-refractivity contribution < 1.29 is 9.47 Å². The van der Waals surface area contributed by atoms with Gasteiger partial charge in [0.2, 0.25) is 0 Å². The molecule has 0 spiro atoms. The van der Waals surface area contributed by atoms with Crippen molar-refractivity contribution in [2.75, 3.05) is 20.3 Å². The molecule has 0 radical (unpaired) electrons. The Kier molecular flexibility index (Phi) is 2.83. The monoisotopic (exact) mass is 220 g/mol. The summed E-state index contributed by atoms with van der Waals surface area (Å²) in [5.41, 5.74) is 6.40. The molecule has 1 atom stereocenters. The minimum absolute atomic E-state index is 0.380. The van der Waals surface area contributed by atoms with Crippen LogP contribution in [0.25, 0.3) is 0 Å². The highest BCUT2D eigenvalue weighted by molar-refractivity contribution is 5.82. The quantitative estimate of drug-likeness (QED) is 0.817. The van der Waals surface area contributed by atoms with Crippen LogP contribution in [0.15, 0.2) is 29.3 Å². The molecular weight excluding hydrogens is 204 g/mol. The van der Waals surface area contributed by atoms with E-state index in [1.807, 2.05) is 31.2 Å². The van der Waals surface area contributed by atoms with Crippen molar-refractivity contribution in [3.63, 3.8) is 0 Å². The highest BCUT2D eigenvalue weighted by Gasteiger charge is 2.29. The highest BCUT2D eigenvalue weighted by Crippen LogP contribution is 2.29. The molecule has 2 rings (SSSR count). The first kappa shape index (κ1) is 11.0. The van der Waals surface area contributed by atoms with Crippen LogP contribution in [0.2, 0.25) is 0 Å². The van der Waals surface area contributed by atoms with Crippen LogP contribution in [0.3, 0.4) is 0 Å². The lowest BCUT2D eigenvalue weighted by molar-refractivity contribution is 0.106. The summed E-state index contributed by atoms with van der Waals surface area (Å²) in [6, 6.07) is 7.82. The Balaban J connectivity index is 2.31. The second kappa shape index (κ2) is 4.14. The van der Waals surface area contributed by atoms with E-state index in [1.54, 1.807) is 7.11 Å². The lowest BCUT2D eigenvalue weighted by Crippen LogP contribution is -2.37. The number of rotatable bonds is 2. The maximum Gasteiger partial charge on any atom is 0.121 e. The molecule has 1 aliphatic heterocycles. The van der Waals surface area contributed by atoms with Gasteiger partial charge in [0, 0.05) is 0 Å². The van der Waals surface area contributed by atoms with Crippen molar-refractivity contribution in [3.8, 4) is 5.75 Å². The number of hydrogen-bond donors (Lipinski definition) is 1. The van der Waals surface area contributed by atoms with E-state index in [0.717, 1.165) is 11.3 Å². The summed E-state index contributed by atoms with van der Waals surface area (Å²) < 4.78 is 10.5. The van der Waals surface area contributed by atoms with E-state index in [2.05, 4.69) is 4.99 Å². The van der Waals surface area contributed by atoms with E-state index in [9.17, 15) is 0 Å². The van der Waals surface area contributed by atoms with Gasteiger partial charge in [0.1, 0.15) is 23.7 Å². The van der Waals surface area contributed by atoms with Crippen molar-refractivity contribution in [2.45, 2.75) is 12.5 Å². The molecule has 1 aromatic carbocycles. The average Bonchev–Trinajstić information content (AvgIpc) is 2.29. The van der Waals surface area contributed by atoms with Crippen LogP contribution in [0.1, 0.15) is 12.5 Å². The molecule has 0 bridgehead atoms. The average molecular weight is 220 g/mol. The van der Waals surface area contributed by atoms with Crippen LogP contribution in [-0.4, -0.2) is 26.2 Å². The molecule has 1 unspecified atom stereocenters. The molecule has 0 saturated carbocycles. The molecule has 0 aliphatic carbocycles. The maximum absolute atomic E-state index is 5.70. The van der Waals surface area contributed by atoms with Gasteiger partial charge in [0.15, 0.2) is 0 Å². The number of hydrogen-bond acceptors (Lipinski definition) is 4. The Morgan fingerprint density at radius 3 is 2.62 bits per heavy atom. The number of methoxy groups -OCH3 is 1. The molecule has 1 aliphatic rings. The number of nitrogens with zero attached hydrogens (tertiary/aromatic N) is 1. The molecule has 0 fully saturated rings. The largest absolute Gasteiger partial charge is 0.497 e. The fourth-order valence-electron chi connectivity index (χ4n) is 1.83. The zero-order valence-corrected chi connectivity index (χ0v) is 9.56. The molecule has 1 heterocycles. The molecule has 1 aromatic rings. The van der Waals surface area contributed by atoms with Crippen molar-refractivity contribution in [3.05, 3.63) is 29.8 Å². The Morgan fingerprint density at radius 2 is 2.06 bits per heavy atom. The van der Waals surface area contributed by atoms with Gasteiger partial charge in [-0.15, -0.1) is 0 Å². The summed E-state index contributed by atoms with van der Waals surface area (Å²) >= 11 is 0. The molecule has 4 nitrogen and oxygen atoms in total. The minimum Gasteiger partial charge on any atom is -0.497 e. The van der Waals surface area contributed by atoms with Gasteiger partial charge in [0.25, 0.3) is 0 Å². The summed E-state index contributed by atoms with van der Waals surface area (Å²) in [5.74, 6) is 1.38. The Hall–Kier alpha value is -1.55. The van der Waals surface area contributed by atoms with Gasteiger partial charge in [-0.2, -0.15) is 0 Å². The summed E-state index contributed by atoms with van der Waals surface area (Å²) in [5, 5.41) is 0. The second-order valence-electron chi connectivity index (χ2n) is 4.10. The third-order valence-electron chi connectivity index (χ3n) is 2.74. The zero-order valence-electron chi connectivity index (χ0n) is 9.56. The van der Waals surface area contributed by atoms with Gasteiger partial charge in [0.05, 0.1) is 13.7 Å². The van der Waals surface area contributed by atoms with E-state index in [0.29, 0.717) is 19.0 Å². The SMILES string of the molecule is COc1ccc(C2(C)COCC(N)=N2)cc1.